The van der Waals surface area contributed by atoms with E-state index in [-0.39, 0.29) is 12.8 Å². The van der Waals surface area contributed by atoms with Gasteiger partial charge in [0, 0.05) is 12.8 Å². The standard InChI is InChI=1S/C12H24O8P2/c13-11(21(15,16)17)9-7-5-3-1-2-4-6-8-10-12(14)22(18,19)20/h1-10H2,(H2,15,16,17)(H2,18,19,20). The van der Waals surface area contributed by atoms with E-state index in [1.54, 1.807) is 0 Å². The van der Waals surface area contributed by atoms with Gasteiger partial charge in [0.05, 0.1) is 0 Å². The van der Waals surface area contributed by atoms with E-state index >= 15 is 0 Å². The molecule has 0 saturated heterocycles. The van der Waals surface area contributed by atoms with Gasteiger partial charge in [0.1, 0.15) is 0 Å². The van der Waals surface area contributed by atoms with Crippen molar-refractivity contribution >= 4 is 26.2 Å². The Labute approximate surface area is 129 Å². The van der Waals surface area contributed by atoms with Gasteiger partial charge >= 0.3 is 15.2 Å². The maximum absolute atomic E-state index is 11.0. The van der Waals surface area contributed by atoms with Gasteiger partial charge in [-0.25, -0.2) is 0 Å². The molecule has 0 aliphatic heterocycles. The highest BCUT2D eigenvalue weighted by Crippen LogP contribution is 2.38. The lowest BCUT2D eigenvalue weighted by atomic mass is 10.1. The fourth-order valence-electron chi connectivity index (χ4n) is 1.90. The molecule has 0 heterocycles. The molecule has 0 aromatic heterocycles. The SMILES string of the molecule is O=C(CCCCCCCCCCC(=O)P(=O)(O)O)P(=O)(O)O. The van der Waals surface area contributed by atoms with Gasteiger partial charge in [-0.05, 0) is 12.8 Å². The highest BCUT2D eigenvalue weighted by Gasteiger charge is 2.24. The predicted molar refractivity (Wildman–Crippen MR) is 80.3 cm³/mol. The maximum atomic E-state index is 11.0. The molecule has 0 spiro atoms. The lowest BCUT2D eigenvalue weighted by Gasteiger charge is -2.04. The van der Waals surface area contributed by atoms with Crippen molar-refractivity contribution in [3.05, 3.63) is 0 Å². The number of rotatable bonds is 13. The predicted octanol–water partition coefficient (Wildman–Crippen LogP) is 2.30. The van der Waals surface area contributed by atoms with Crippen LogP contribution in [0, 0.1) is 0 Å². The second-order valence-electron chi connectivity index (χ2n) is 5.20. The minimum absolute atomic E-state index is 0.102. The van der Waals surface area contributed by atoms with Gasteiger partial charge in [0.15, 0.2) is 0 Å². The first-order valence-electron chi connectivity index (χ1n) is 7.23. The van der Waals surface area contributed by atoms with Crippen LogP contribution in [0.1, 0.15) is 64.2 Å². The van der Waals surface area contributed by atoms with E-state index in [2.05, 4.69) is 0 Å². The van der Waals surface area contributed by atoms with E-state index in [9.17, 15) is 18.7 Å². The van der Waals surface area contributed by atoms with Crippen LogP contribution in [0.4, 0.5) is 0 Å². The van der Waals surface area contributed by atoms with Crippen LogP contribution < -0.4 is 0 Å². The van der Waals surface area contributed by atoms with Gasteiger partial charge in [-0.2, -0.15) is 0 Å². The Morgan fingerprint density at radius 1 is 0.545 bits per heavy atom. The number of hydrogen-bond donors (Lipinski definition) is 4. The van der Waals surface area contributed by atoms with E-state index in [1.807, 2.05) is 0 Å². The topological polar surface area (TPSA) is 149 Å². The van der Waals surface area contributed by atoms with E-state index in [1.165, 1.54) is 0 Å². The molecule has 0 unspecified atom stereocenters. The molecule has 0 aliphatic rings. The summed E-state index contributed by atoms with van der Waals surface area (Å²) in [5, 5.41) is 0. The molecular formula is C12H24O8P2. The second-order valence-corrected chi connectivity index (χ2v) is 8.38. The molecule has 130 valence electrons. The van der Waals surface area contributed by atoms with Crippen LogP contribution in [0.15, 0.2) is 0 Å². The molecule has 0 aliphatic carbocycles. The molecule has 0 atom stereocenters. The third-order valence-corrected chi connectivity index (χ3v) is 4.93. The summed E-state index contributed by atoms with van der Waals surface area (Å²) in [6.07, 6.45) is 5.70. The molecule has 0 saturated carbocycles. The molecule has 0 aromatic rings. The largest absolute Gasteiger partial charge is 0.391 e. The Balaban J connectivity index is 3.42. The summed E-state index contributed by atoms with van der Waals surface area (Å²) in [6, 6.07) is 0. The molecule has 0 amide bonds. The van der Waals surface area contributed by atoms with Crippen LogP contribution in [0.3, 0.4) is 0 Å². The minimum Gasteiger partial charge on any atom is -0.319 e. The van der Waals surface area contributed by atoms with Crippen LogP contribution in [-0.4, -0.2) is 30.6 Å². The third-order valence-electron chi connectivity index (χ3n) is 3.18. The van der Waals surface area contributed by atoms with Gasteiger partial charge in [-0.3, -0.25) is 18.7 Å². The summed E-state index contributed by atoms with van der Waals surface area (Å²) >= 11 is 0. The van der Waals surface area contributed by atoms with Gasteiger partial charge < -0.3 is 19.6 Å². The first-order valence-corrected chi connectivity index (χ1v) is 10.5. The molecule has 0 bridgehead atoms. The molecule has 0 radical (unpaired) electrons. The van der Waals surface area contributed by atoms with Gasteiger partial charge in [-0.1, -0.05) is 38.5 Å². The first kappa shape index (κ1) is 21.6. The molecule has 8 nitrogen and oxygen atoms in total. The average molecular weight is 358 g/mol. The van der Waals surface area contributed by atoms with Gasteiger partial charge in [0.2, 0.25) is 11.0 Å². The lowest BCUT2D eigenvalue weighted by molar-refractivity contribution is -0.114. The molecule has 0 rings (SSSR count). The Morgan fingerprint density at radius 3 is 1.00 bits per heavy atom. The highest BCUT2D eigenvalue weighted by molar-refractivity contribution is 7.70. The Morgan fingerprint density at radius 2 is 0.773 bits per heavy atom. The summed E-state index contributed by atoms with van der Waals surface area (Å²) in [7, 11) is -9.15. The van der Waals surface area contributed by atoms with Crippen molar-refractivity contribution in [2.24, 2.45) is 0 Å². The van der Waals surface area contributed by atoms with Gasteiger partial charge in [0.25, 0.3) is 0 Å². The van der Waals surface area contributed by atoms with E-state index in [0.717, 1.165) is 38.5 Å². The number of carbonyl (C=O) groups is 2. The number of unbranched alkanes of at least 4 members (excludes halogenated alkanes) is 7. The van der Waals surface area contributed by atoms with E-state index < -0.39 is 26.2 Å². The number of carbonyl (C=O) groups excluding carboxylic acids is 2. The Hall–Kier alpha value is -0.360. The summed E-state index contributed by atoms with van der Waals surface area (Å²) < 4.78 is 21.2. The molecule has 10 heteroatoms. The Kier molecular flexibility index (Phi) is 10.3. The zero-order chi connectivity index (χ0) is 17.2. The smallest absolute Gasteiger partial charge is 0.319 e. The van der Waals surface area contributed by atoms with Crippen LogP contribution in [0.5, 0.6) is 0 Å². The maximum Gasteiger partial charge on any atom is 0.391 e. The summed E-state index contributed by atoms with van der Waals surface area (Å²) in [5.41, 5.74) is -2.02. The van der Waals surface area contributed by atoms with Crippen LogP contribution in [0.25, 0.3) is 0 Å². The van der Waals surface area contributed by atoms with Crippen LogP contribution >= 0.6 is 15.2 Å². The first-order chi connectivity index (χ1) is 10.0. The molecule has 0 aromatic carbocycles. The quantitative estimate of drug-likeness (QED) is 0.289. The summed E-state index contributed by atoms with van der Waals surface area (Å²) in [4.78, 5) is 56.3. The molecule has 4 N–H and O–H groups in total. The second kappa shape index (κ2) is 10.4. The van der Waals surface area contributed by atoms with E-state index in [0.29, 0.717) is 12.8 Å². The molecule has 22 heavy (non-hydrogen) atoms. The van der Waals surface area contributed by atoms with Crippen molar-refractivity contribution in [2.45, 2.75) is 64.2 Å². The summed E-state index contributed by atoms with van der Waals surface area (Å²) in [6.45, 7) is 0. The fourth-order valence-corrected chi connectivity index (χ4v) is 2.80. The third kappa shape index (κ3) is 11.2. The van der Waals surface area contributed by atoms with Crippen molar-refractivity contribution in [1.82, 2.24) is 0 Å². The van der Waals surface area contributed by atoms with Crippen LogP contribution in [-0.2, 0) is 18.7 Å². The monoisotopic (exact) mass is 358 g/mol. The number of hydrogen-bond acceptors (Lipinski definition) is 4. The minimum atomic E-state index is -4.57. The molecule has 0 fully saturated rings. The van der Waals surface area contributed by atoms with Crippen molar-refractivity contribution < 1.29 is 38.3 Å². The Bertz CT molecular complexity index is 408. The average Bonchev–Trinajstić information content (AvgIpc) is 2.38. The normalized spacial score (nSPS) is 12.4. The molecular weight excluding hydrogens is 334 g/mol. The zero-order valence-electron chi connectivity index (χ0n) is 12.4. The van der Waals surface area contributed by atoms with Crippen molar-refractivity contribution in [1.29, 1.82) is 0 Å². The van der Waals surface area contributed by atoms with Crippen molar-refractivity contribution in [3.63, 3.8) is 0 Å². The summed E-state index contributed by atoms with van der Waals surface area (Å²) in [5.74, 6) is 0. The van der Waals surface area contributed by atoms with E-state index in [4.69, 9.17) is 19.6 Å². The highest BCUT2D eigenvalue weighted by atomic mass is 31.2. The van der Waals surface area contributed by atoms with Crippen LogP contribution in [0.2, 0.25) is 0 Å². The van der Waals surface area contributed by atoms with Crippen molar-refractivity contribution in [2.75, 3.05) is 0 Å². The van der Waals surface area contributed by atoms with Crippen molar-refractivity contribution in [3.8, 4) is 0 Å². The lowest BCUT2D eigenvalue weighted by Crippen LogP contribution is -1.98. The van der Waals surface area contributed by atoms with Gasteiger partial charge in [-0.15, -0.1) is 0 Å². The zero-order valence-corrected chi connectivity index (χ0v) is 14.2. The fraction of sp³-hybridized carbons (Fsp3) is 0.833.